The normalized spacial score (nSPS) is 10.2. The molecule has 1 amide bonds. The zero-order chi connectivity index (χ0) is 15.2. The highest BCUT2D eigenvalue weighted by atomic mass is 16.1. The molecule has 2 aromatic rings. The van der Waals surface area contributed by atoms with Crippen LogP contribution in [0.1, 0.15) is 23.1 Å². The molecular weight excluding hydrogens is 260 g/mol. The number of carbonyl (C=O) groups is 1. The molecule has 0 fully saturated rings. The lowest BCUT2D eigenvalue weighted by atomic mass is 10.1. The van der Waals surface area contributed by atoms with E-state index in [1.54, 1.807) is 0 Å². The van der Waals surface area contributed by atoms with Crippen LogP contribution in [0.25, 0.3) is 0 Å². The first-order valence-corrected chi connectivity index (χ1v) is 7.23. The van der Waals surface area contributed by atoms with Crippen molar-refractivity contribution in [2.24, 2.45) is 0 Å². The lowest BCUT2D eigenvalue weighted by Gasteiger charge is -2.11. The molecule has 0 heterocycles. The third-order valence-corrected chi connectivity index (χ3v) is 3.57. The second-order valence-corrected chi connectivity index (χ2v) is 5.34. The van der Waals surface area contributed by atoms with Gasteiger partial charge in [-0.05, 0) is 55.7 Å². The van der Waals surface area contributed by atoms with Crippen LogP contribution in [-0.2, 0) is 4.79 Å². The van der Waals surface area contributed by atoms with Crippen LogP contribution in [0.3, 0.4) is 0 Å². The summed E-state index contributed by atoms with van der Waals surface area (Å²) < 4.78 is 0. The van der Waals surface area contributed by atoms with Gasteiger partial charge in [0.1, 0.15) is 0 Å². The largest absolute Gasteiger partial charge is 0.384 e. The molecule has 110 valence electrons. The van der Waals surface area contributed by atoms with Crippen LogP contribution in [0.15, 0.2) is 42.5 Å². The lowest BCUT2D eigenvalue weighted by molar-refractivity contribution is -0.115. The summed E-state index contributed by atoms with van der Waals surface area (Å²) in [6, 6.07) is 14.0. The van der Waals surface area contributed by atoms with Gasteiger partial charge < -0.3 is 10.6 Å². The van der Waals surface area contributed by atoms with Gasteiger partial charge in [0.15, 0.2) is 0 Å². The van der Waals surface area contributed by atoms with Crippen LogP contribution in [0.5, 0.6) is 0 Å². The highest BCUT2D eigenvalue weighted by molar-refractivity contribution is 5.91. The summed E-state index contributed by atoms with van der Waals surface area (Å²) in [5, 5.41) is 6.24. The molecule has 0 aliphatic heterocycles. The van der Waals surface area contributed by atoms with Gasteiger partial charge >= 0.3 is 0 Å². The number of benzene rings is 2. The minimum absolute atomic E-state index is 0.0263. The average molecular weight is 282 g/mol. The minimum atomic E-state index is 0.0263. The van der Waals surface area contributed by atoms with Crippen LogP contribution < -0.4 is 10.6 Å². The van der Waals surface area contributed by atoms with Crippen molar-refractivity contribution in [3.63, 3.8) is 0 Å². The summed E-state index contributed by atoms with van der Waals surface area (Å²) >= 11 is 0. The van der Waals surface area contributed by atoms with Crippen molar-refractivity contribution in [3.8, 4) is 0 Å². The molecule has 0 radical (unpaired) electrons. The number of nitrogens with one attached hydrogen (secondary N) is 2. The number of hydrogen-bond acceptors (Lipinski definition) is 2. The highest BCUT2D eigenvalue weighted by Crippen LogP contribution is 2.17. The van der Waals surface area contributed by atoms with E-state index in [9.17, 15) is 4.79 Å². The first kappa shape index (κ1) is 15.1. The molecule has 0 spiro atoms. The molecule has 3 heteroatoms. The molecule has 0 aliphatic rings. The third-order valence-electron chi connectivity index (χ3n) is 3.57. The van der Waals surface area contributed by atoms with E-state index in [0.717, 1.165) is 16.9 Å². The van der Waals surface area contributed by atoms with Crippen molar-refractivity contribution in [1.29, 1.82) is 0 Å². The lowest BCUT2D eigenvalue weighted by Crippen LogP contribution is -2.16. The predicted molar refractivity (Wildman–Crippen MR) is 88.8 cm³/mol. The van der Waals surface area contributed by atoms with Gasteiger partial charge in [0.2, 0.25) is 5.91 Å². The third kappa shape index (κ3) is 4.35. The molecule has 2 N–H and O–H groups in total. The standard InChI is InChI=1S/C18H22N2O/c1-13-6-4-8-16(12-13)20-18(21)10-11-19-17-9-5-7-14(2)15(17)3/h4-9,12,19H,10-11H2,1-3H3,(H,20,21). The van der Waals surface area contributed by atoms with Gasteiger partial charge in [0, 0.05) is 24.3 Å². The zero-order valence-corrected chi connectivity index (χ0v) is 12.9. The summed E-state index contributed by atoms with van der Waals surface area (Å²) in [6.07, 6.45) is 0.446. The maximum Gasteiger partial charge on any atom is 0.226 e. The first-order chi connectivity index (χ1) is 10.1. The predicted octanol–water partition coefficient (Wildman–Crippen LogP) is 4.05. The van der Waals surface area contributed by atoms with Gasteiger partial charge in [-0.25, -0.2) is 0 Å². The van der Waals surface area contributed by atoms with Gasteiger partial charge in [-0.2, -0.15) is 0 Å². The molecule has 21 heavy (non-hydrogen) atoms. The topological polar surface area (TPSA) is 41.1 Å². The summed E-state index contributed by atoms with van der Waals surface area (Å²) in [7, 11) is 0. The molecule has 0 saturated heterocycles. The number of amides is 1. The molecule has 0 aliphatic carbocycles. The summed E-state index contributed by atoms with van der Waals surface area (Å²) in [6.45, 7) is 6.81. The van der Waals surface area contributed by atoms with Crippen molar-refractivity contribution in [2.75, 3.05) is 17.2 Å². The molecule has 2 rings (SSSR count). The van der Waals surface area contributed by atoms with Crippen LogP contribution in [0, 0.1) is 20.8 Å². The zero-order valence-electron chi connectivity index (χ0n) is 12.9. The number of anilines is 2. The molecular formula is C18H22N2O. The smallest absolute Gasteiger partial charge is 0.226 e. The van der Waals surface area contributed by atoms with Gasteiger partial charge in [-0.15, -0.1) is 0 Å². The Bertz CT molecular complexity index is 635. The van der Waals surface area contributed by atoms with E-state index in [0.29, 0.717) is 13.0 Å². The van der Waals surface area contributed by atoms with E-state index in [1.165, 1.54) is 11.1 Å². The van der Waals surface area contributed by atoms with Gasteiger partial charge in [0.05, 0.1) is 0 Å². The summed E-state index contributed by atoms with van der Waals surface area (Å²) in [4.78, 5) is 11.9. The van der Waals surface area contributed by atoms with Gasteiger partial charge in [-0.3, -0.25) is 4.79 Å². The fourth-order valence-electron chi connectivity index (χ4n) is 2.20. The Morgan fingerprint density at radius 3 is 2.57 bits per heavy atom. The van der Waals surface area contributed by atoms with E-state index in [4.69, 9.17) is 0 Å². The van der Waals surface area contributed by atoms with E-state index in [2.05, 4.69) is 30.5 Å². The Hall–Kier alpha value is -2.29. The van der Waals surface area contributed by atoms with Crippen LogP contribution in [0.4, 0.5) is 11.4 Å². The van der Waals surface area contributed by atoms with E-state index in [1.807, 2.05) is 43.3 Å². The maximum atomic E-state index is 11.9. The van der Waals surface area contributed by atoms with Crippen molar-refractivity contribution < 1.29 is 4.79 Å². The second-order valence-electron chi connectivity index (χ2n) is 5.34. The summed E-state index contributed by atoms with van der Waals surface area (Å²) in [5.41, 5.74) is 5.58. The van der Waals surface area contributed by atoms with Crippen molar-refractivity contribution in [3.05, 3.63) is 59.2 Å². The van der Waals surface area contributed by atoms with Crippen LogP contribution >= 0.6 is 0 Å². The first-order valence-electron chi connectivity index (χ1n) is 7.23. The van der Waals surface area contributed by atoms with Crippen molar-refractivity contribution in [2.45, 2.75) is 27.2 Å². The second kappa shape index (κ2) is 6.93. The van der Waals surface area contributed by atoms with E-state index < -0.39 is 0 Å². The van der Waals surface area contributed by atoms with E-state index in [-0.39, 0.29) is 5.91 Å². The molecule has 0 saturated carbocycles. The number of carbonyl (C=O) groups excluding carboxylic acids is 1. The molecule has 0 atom stereocenters. The van der Waals surface area contributed by atoms with Crippen LogP contribution in [-0.4, -0.2) is 12.5 Å². The van der Waals surface area contributed by atoms with Gasteiger partial charge in [0.25, 0.3) is 0 Å². The average Bonchev–Trinajstić information content (AvgIpc) is 2.43. The maximum absolute atomic E-state index is 11.9. The minimum Gasteiger partial charge on any atom is -0.384 e. The SMILES string of the molecule is Cc1cccc(NC(=O)CCNc2cccc(C)c2C)c1. The molecule has 0 bridgehead atoms. The summed E-state index contributed by atoms with van der Waals surface area (Å²) in [5.74, 6) is 0.0263. The van der Waals surface area contributed by atoms with Crippen molar-refractivity contribution >= 4 is 17.3 Å². The fraction of sp³-hybridized carbons (Fsp3) is 0.278. The highest BCUT2D eigenvalue weighted by Gasteiger charge is 2.04. The Labute approximate surface area is 126 Å². The quantitative estimate of drug-likeness (QED) is 0.868. The van der Waals surface area contributed by atoms with Gasteiger partial charge in [-0.1, -0.05) is 24.3 Å². The monoisotopic (exact) mass is 282 g/mol. The number of rotatable bonds is 5. The number of hydrogen-bond donors (Lipinski definition) is 2. The van der Waals surface area contributed by atoms with Crippen LogP contribution in [0.2, 0.25) is 0 Å². The molecule has 0 aromatic heterocycles. The van der Waals surface area contributed by atoms with Crippen molar-refractivity contribution in [1.82, 2.24) is 0 Å². The molecule has 0 unspecified atom stereocenters. The Kier molecular flexibility index (Phi) is 4.99. The molecule has 3 nitrogen and oxygen atoms in total. The fourth-order valence-corrected chi connectivity index (χ4v) is 2.20. The number of aryl methyl sites for hydroxylation is 2. The molecule has 2 aromatic carbocycles. The van der Waals surface area contributed by atoms with E-state index >= 15 is 0 Å². The Morgan fingerprint density at radius 1 is 1.05 bits per heavy atom. The Balaban J connectivity index is 1.83. The Morgan fingerprint density at radius 2 is 1.81 bits per heavy atom.